The lowest BCUT2D eigenvalue weighted by atomic mass is 10.4. The molecule has 0 aliphatic heterocycles. The van der Waals surface area contributed by atoms with Crippen LogP contribution in [0.4, 0.5) is 0 Å². The van der Waals surface area contributed by atoms with Gasteiger partial charge in [-0.05, 0) is 18.2 Å². The van der Waals surface area contributed by atoms with Crippen molar-refractivity contribution in [1.29, 1.82) is 0 Å². The molecule has 0 saturated heterocycles. The van der Waals surface area contributed by atoms with Gasteiger partial charge >= 0.3 is 5.97 Å². The summed E-state index contributed by atoms with van der Waals surface area (Å²) in [4.78, 5) is 15.1. The van der Waals surface area contributed by atoms with Gasteiger partial charge < -0.3 is 9.51 Å². The highest BCUT2D eigenvalue weighted by molar-refractivity contribution is 6.30. The second kappa shape index (κ2) is 4.40. The highest BCUT2D eigenvalue weighted by Crippen LogP contribution is 2.12. The van der Waals surface area contributed by atoms with Gasteiger partial charge in [0.1, 0.15) is 5.65 Å². The minimum Gasteiger partial charge on any atom is -0.476 e. The summed E-state index contributed by atoms with van der Waals surface area (Å²) in [6.07, 6.45) is 5.21. The van der Waals surface area contributed by atoms with Crippen molar-refractivity contribution in [3.8, 4) is 0 Å². The van der Waals surface area contributed by atoms with Gasteiger partial charge in [0.2, 0.25) is 0 Å². The van der Waals surface area contributed by atoms with Crippen molar-refractivity contribution in [3.63, 3.8) is 0 Å². The largest absolute Gasteiger partial charge is 0.476 e. The number of fused-ring (bicyclic) bond motifs is 1. The number of hydrogen-bond donors (Lipinski definition) is 1. The lowest BCUT2D eigenvalue weighted by Gasteiger charge is -1.95. The molecule has 6 nitrogen and oxygen atoms in total. The van der Waals surface area contributed by atoms with E-state index in [2.05, 4.69) is 10.1 Å². The van der Waals surface area contributed by atoms with Crippen LogP contribution in [0.25, 0.3) is 5.65 Å². The normalized spacial score (nSPS) is 11.0. The zero-order valence-corrected chi connectivity index (χ0v) is 10.4. The number of nitrogens with zero attached hydrogens (tertiary/aromatic N) is 4. The van der Waals surface area contributed by atoms with Gasteiger partial charge in [-0.3, -0.25) is 4.68 Å². The molecule has 0 spiro atoms. The number of aromatic nitrogens is 4. The molecule has 0 aliphatic carbocycles. The number of imidazole rings is 1. The number of pyridine rings is 1. The van der Waals surface area contributed by atoms with E-state index in [1.54, 1.807) is 18.5 Å². The van der Waals surface area contributed by atoms with Crippen LogP contribution in [0.2, 0.25) is 5.02 Å². The van der Waals surface area contributed by atoms with Gasteiger partial charge in [-0.2, -0.15) is 5.10 Å². The molecule has 0 bridgehead atoms. The van der Waals surface area contributed by atoms with Crippen LogP contribution in [0.3, 0.4) is 0 Å². The summed E-state index contributed by atoms with van der Waals surface area (Å²) in [6.45, 7) is 0.409. The van der Waals surface area contributed by atoms with Gasteiger partial charge in [-0.15, -0.1) is 0 Å². The first-order chi connectivity index (χ1) is 9.11. The van der Waals surface area contributed by atoms with Crippen molar-refractivity contribution in [2.45, 2.75) is 6.54 Å². The standard InChI is InChI=1S/C12H9ClN4O2/c13-8-1-2-11-14-9(6-16(11)5-8)7-17-4-3-10(15-17)12(18)19/h1-6H,7H2,(H,18,19). The van der Waals surface area contributed by atoms with Crippen LogP contribution < -0.4 is 0 Å². The Bertz CT molecular complexity index is 762. The highest BCUT2D eigenvalue weighted by Gasteiger charge is 2.08. The third-order valence-corrected chi connectivity index (χ3v) is 2.87. The summed E-state index contributed by atoms with van der Waals surface area (Å²) >= 11 is 5.89. The van der Waals surface area contributed by atoms with Gasteiger partial charge in [0, 0.05) is 18.6 Å². The fraction of sp³-hybridized carbons (Fsp3) is 0.0833. The van der Waals surface area contributed by atoms with E-state index in [0.29, 0.717) is 11.6 Å². The monoisotopic (exact) mass is 276 g/mol. The Morgan fingerprint density at radius 1 is 1.32 bits per heavy atom. The van der Waals surface area contributed by atoms with E-state index in [-0.39, 0.29) is 5.69 Å². The number of hydrogen-bond acceptors (Lipinski definition) is 3. The van der Waals surface area contributed by atoms with E-state index in [0.717, 1.165) is 11.3 Å². The molecule has 0 fully saturated rings. The van der Waals surface area contributed by atoms with E-state index >= 15 is 0 Å². The average Bonchev–Trinajstić information content (AvgIpc) is 2.95. The second-order valence-corrected chi connectivity index (χ2v) is 4.49. The number of carbonyl (C=O) groups is 1. The Morgan fingerprint density at radius 2 is 2.16 bits per heavy atom. The number of carboxylic acid groups (broad SMARTS) is 1. The molecular formula is C12H9ClN4O2. The molecule has 7 heteroatoms. The minimum absolute atomic E-state index is 0.0202. The number of carboxylic acids is 1. The maximum atomic E-state index is 10.7. The van der Waals surface area contributed by atoms with E-state index in [1.807, 2.05) is 16.7 Å². The molecular weight excluding hydrogens is 268 g/mol. The van der Waals surface area contributed by atoms with Crippen LogP contribution in [-0.4, -0.2) is 30.2 Å². The van der Waals surface area contributed by atoms with Crippen LogP contribution in [0.1, 0.15) is 16.2 Å². The third kappa shape index (κ3) is 2.30. The van der Waals surface area contributed by atoms with E-state index < -0.39 is 5.97 Å². The molecule has 3 aromatic rings. The molecule has 3 heterocycles. The number of aromatic carboxylic acids is 1. The quantitative estimate of drug-likeness (QED) is 0.793. The fourth-order valence-corrected chi connectivity index (χ4v) is 1.99. The topological polar surface area (TPSA) is 72.4 Å². The Morgan fingerprint density at radius 3 is 2.89 bits per heavy atom. The van der Waals surface area contributed by atoms with Crippen LogP contribution in [0.15, 0.2) is 36.8 Å². The van der Waals surface area contributed by atoms with Crippen molar-refractivity contribution in [2.75, 3.05) is 0 Å². The van der Waals surface area contributed by atoms with Crippen LogP contribution >= 0.6 is 11.6 Å². The molecule has 3 rings (SSSR count). The maximum Gasteiger partial charge on any atom is 0.356 e. The SMILES string of the molecule is O=C(O)c1ccn(Cc2cn3cc(Cl)ccc3n2)n1. The van der Waals surface area contributed by atoms with Gasteiger partial charge in [0.15, 0.2) is 5.69 Å². The zero-order chi connectivity index (χ0) is 13.4. The molecule has 96 valence electrons. The lowest BCUT2D eigenvalue weighted by molar-refractivity contribution is 0.0689. The zero-order valence-electron chi connectivity index (χ0n) is 9.69. The predicted molar refractivity (Wildman–Crippen MR) is 68.5 cm³/mol. The predicted octanol–water partition coefficient (Wildman–Crippen LogP) is 1.93. The minimum atomic E-state index is -1.04. The molecule has 0 aliphatic rings. The number of rotatable bonds is 3. The first-order valence-electron chi connectivity index (χ1n) is 5.52. The van der Waals surface area contributed by atoms with Gasteiger partial charge in [0.05, 0.1) is 17.3 Å². The molecule has 0 aromatic carbocycles. The van der Waals surface area contributed by atoms with Crippen molar-refractivity contribution >= 4 is 23.2 Å². The summed E-state index contributed by atoms with van der Waals surface area (Å²) in [5, 5.41) is 13.4. The number of halogens is 1. The lowest BCUT2D eigenvalue weighted by Crippen LogP contribution is -2.04. The van der Waals surface area contributed by atoms with Crippen LogP contribution in [0, 0.1) is 0 Å². The van der Waals surface area contributed by atoms with Crippen molar-refractivity contribution < 1.29 is 9.90 Å². The molecule has 19 heavy (non-hydrogen) atoms. The molecule has 0 atom stereocenters. The van der Waals surface area contributed by atoms with Crippen molar-refractivity contribution in [2.24, 2.45) is 0 Å². The summed E-state index contributed by atoms with van der Waals surface area (Å²) in [6, 6.07) is 5.04. The van der Waals surface area contributed by atoms with Crippen molar-refractivity contribution in [3.05, 3.63) is 53.2 Å². The molecule has 0 radical (unpaired) electrons. The molecule has 0 amide bonds. The average molecular weight is 277 g/mol. The van der Waals surface area contributed by atoms with Gasteiger partial charge in [-0.25, -0.2) is 9.78 Å². The van der Waals surface area contributed by atoms with Crippen LogP contribution in [-0.2, 0) is 6.54 Å². The highest BCUT2D eigenvalue weighted by atomic mass is 35.5. The summed E-state index contributed by atoms with van der Waals surface area (Å²) in [7, 11) is 0. The Kier molecular flexibility index (Phi) is 2.72. The van der Waals surface area contributed by atoms with Crippen molar-refractivity contribution in [1.82, 2.24) is 19.2 Å². The summed E-state index contributed by atoms with van der Waals surface area (Å²) < 4.78 is 3.35. The van der Waals surface area contributed by atoms with E-state index in [1.165, 1.54) is 10.7 Å². The van der Waals surface area contributed by atoms with E-state index in [4.69, 9.17) is 16.7 Å². The van der Waals surface area contributed by atoms with E-state index in [9.17, 15) is 4.79 Å². The summed E-state index contributed by atoms with van der Waals surface area (Å²) in [5.41, 5.74) is 1.58. The summed E-state index contributed by atoms with van der Waals surface area (Å²) in [5.74, 6) is -1.04. The molecule has 1 N–H and O–H groups in total. The molecule has 3 aromatic heterocycles. The molecule has 0 saturated carbocycles. The molecule has 0 unspecified atom stereocenters. The fourth-order valence-electron chi connectivity index (χ4n) is 1.82. The Hall–Kier alpha value is -2.34. The van der Waals surface area contributed by atoms with Gasteiger partial charge in [0.25, 0.3) is 0 Å². The van der Waals surface area contributed by atoms with Crippen LogP contribution in [0.5, 0.6) is 0 Å². The first kappa shape index (κ1) is 11.7. The maximum absolute atomic E-state index is 10.7. The smallest absolute Gasteiger partial charge is 0.356 e. The Balaban J connectivity index is 1.89. The second-order valence-electron chi connectivity index (χ2n) is 4.05. The first-order valence-corrected chi connectivity index (χ1v) is 5.89. The van der Waals surface area contributed by atoms with Gasteiger partial charge in [-0.1, -0.05) is 11.6 Å². The Labute approximate surface area is 112 Å². The third-order valence-electron chi connectivity index (χ3n) is 2.65.